The van der Waals surface area contributed by atoms with Crippen molar-refractivity contribution in [3.63, 3.8) is 0 Å². The van der Waals surface area contributed by atoms with Gasteiger partial charge in [0.25, 0.3) is 0 Å². The molecule has 95 heavy (non-hydrogen) atoms. The van der Waals surface area contributed by atoms with E-state index in [0.29, 0.717) is 178 Å². The summed E-state index contributed by atoms with van der Waals surface area (Å²) in [7, 11) is 6.48. The smallest absolute Gasteiger partial charge is 0.223 e. The van der Waals surface area contributed by atoms with Gasteiger partial charge >= 0.3 is 0 Å². The van der Waals surface area contributed by atoms with Crippen molar-refractivity contribution in [3.05, 3.63) is 99.3 Å². The molecule has 12 heterocycles. The predicted molar refractivity (Wildman–Crippen MR) is 358 cm³/mol. The highest BCUT2D eigenvalue weighted by Gasteiger charge is 2.35. The molecular weight excluding hydrogens is 1390 g/mol. The van der Waals surface area contributed by atoms with Crippen LogP contribution in [0.1, 0.15) is 113 Å². The van der Waals surface area contributed by atoms with Gasteiger partial charge in [-0.2, -0.15) is 20.4 Å². The van der Waals surface area contributed by atoms with Gasteiger partial charge in [-0.25, -0.2) is 38.0 Å². The molecular formula is C60H75Cl4FN16O10S4. The van der Waals surface area contributed by atoms with E-state index in [-0.39, 0.29) is 42.1 Å². The molecule has 4 aliphatic rings. The molecule has 26 nitrogen and oxygen atoms in total. The van der Waals surface area contributed by atoms with Gasteiger partial charge in [-0.05, 0) is 54.9 Å². The molecule has 514 valence electrons. The fourth-order valence-corrected chi connectivity index (χ4v) is 16.4. The number of rotatable bonds is 27. The van der Waals surface area contributed by atoms with E-state index in [1.54, 1.807) is 56.3 Å². The first kappa shape index (κ1) is 72.1. The van der Waals surface area contributed by atoms with E-state index in [1.165, 1.54) is 45.3 Å². The molecule has 4 atom stereocenters. The van der Waals surface area contributed by atoms with Crippen LogP contribution in [0.4, 0.5) is 4.39 Å². The summed E-state index contributed by atoms with van der Waals surface area (Å²) in [5, 5.41) is 31.7. The molecule has 0 aliphatic carbocycles. The van der Waals surface area contributed by atoms with E-state index in [9.17, 15) is 23.6 Å². The number of nitrogens with zero attached hydrogens (tertiary/aromatic N) is 16. The van der Waals surface area contributed by atoms with Gasteiger partial charge in [0.1, 0.15) is 42.8 Å². The van der Waals surface area contributed by atoms with Gasteiger partial charge in [0.2, 0.25) is 43.5 Å². The van der Waals surface area contributed by atoms with Crippen LogP contribution < -0.4 is 0 Å². The number of aliphatic hydroxyl groups is 1. The van der Waals surface area contributed by atoms with Crippen molar-refractivity contribution >= 4 is 135 Å². The minimum atomic E-state index is -0.393. The number of carbonyl (C=O) groups is 4. The molecule has 4 unspecified atom stereocenters. The molecule has 1 aromatic carbocycles. The molecule has 0 radical (unpaired) electrons. The standard InChI is InChI=1S/C20H23ClN4O3S.C14H19ClN4O2S.C13H16ClFN4O2S.C13H17ClN4O3S/c1-27-13-17-23-25-16(19(21)22-20(25)29-17)11-24-10-15(9-18(24)26)7-8-28-12-14-5-3-2-4-6-14;1-3-4-9-5-12(20)18(6-9)7-10-13(15)16-14-19(10)17-11(22-14)8-21-2;1-21-7-10-17-19-9(12(14)16-13(19)22-10)6-18-5-8(2-3-15)4-11(18)20;1-21-7-10-16-18-9(12(14)15-13(18)22-10)6-17-5-8(2-3-19)4-11(17)20/h2-6,15H,7-13H2,1H3;9H,3-8H2,1-2H3;8H,2-7H2,1H3;8,19H,2-7H2,1H3. The maximum Gasteiger partial charge on any atom is 0.223 e. The second-order valence-electron chi connectivity index (χ2n) is 23.4. The Kier molecular flexibility index (Phi) is 26.0. The lowest BCUT2D eigenvalue weighted by atomic mass is 10.0. The SMILES string of the molecule is CCCC1CC(=O)N(Cc2c(Cl)nc3sc(COC)nn23)C1.COCc1nn2c(CN3CC(CCF)CC3=O)c(Cl)nc2s1.COCc1nn2c(CN3CC(CCO)CC3=O)c(Cl)nc2s1.COCc1nn2c(CN3CC(CCOCc4ccccc4)CC3=O)c(Cl)nc2s1. The Morgan fingerprint density at radius 2 is 0.789 bits per heavy atom. The Balaban J connectivity index is 0.000000139. The average molecular weight is 1470 g/mol. The number of imidazole rings is 4. The third-order valence-electron chi connectivity index (χ3n) is 16.3. The number of halogens is 5. The molecule has 0 saturated carbocycles. The Bertz CT molecular complexity index is 3770. The summed E-state index contributed by atoms with van der Waals surface area (Å²) in [5.41, 5.74) is 4.08. The molecule has 4 fully saturated rings. The number of carbonyl (C=O) groups excluding carboxylic acids is 4. The van der Waals surface area contributed by atoms with Crippen LogP contribution in [0.15, 0.2) is 30.3 Å². The number of ether oxygens (including phenoxy) is 5. The number of aliphatic hydroxyl groups excluding tert-OH is 1. The van der Waals surface area contributed by atoms with Crippen LogP contribution in [0, 0.1) is 23.7 Å². The van der Waals surface area contributed by atoms with Crippen LogP contribution in [-0.2, 0) is 102 Å². The van der Waals surface area contributed by atoms with E-state index < -0.39 is 6.67 Å². The topological polar surface area (TPSA) is 268 Å². The normalized spacial score (nSPS) is 18.2. The second kappa shape index (κ2) is 34.2. The van der Waals surface area contributed by atoms with Gasteiger partial charge in [-0.3, -0.25) is 23.6 Å². The van der Waals surface area contributed by atoms with Crippen LogP contribution >= 0.6 is 91.8 Å². The lowest BCUT2D eigenvalue weighted by Gasteiger charge is -2.16. The van der Waals surface area contributed by atoms with Crippen molar-refractivity contribution in [1.82, 2.24) is 78.0 Å². The summed E-state index contributed by atoms with van der Waals surface area (Å²) >= 11 is 30.6. The van der Waals surface area contributed by atoms with Gasteiger partial charge in [0.15, 0.2) is 20.6 Å². The van der Waals surface area contributed by atoms with Crippen LogP contribution in [0.3, 0.4) is 0 Å². The van der Waals surface area contributed by atoms with Gasteiger partial charge in [0.05, 0.1) is 65.9 Å². The number of alkyl halides is 1. The molecule has 4 aliphatic heterocycles. The van der Waals surface area contributed by atoms with E-state index in [0.717, 1.165) is 72.7 Å². The summed E-state index contributed by atoms with van der Waals surface area (Å²) < 4.78 is 45.4. The monoisotopic (exact) mass is 1470 g/mol. The molecule has 0 bridgehead atoms. The molecule has 8 aromatic heterocycles. The van der Waals surface area contributed by atoms with Crippen molar-refractivity contribution in [2.45, 2.75) is 124 Å². The first-order valence-electron chi connectivity index (χ1n) is 31.0. The maximum atomic E-state index is 12.5. The van der Waals surface area contributed by atoms with Crippen molar-refractivity contribution in [1.29, 1.82) is 0 Å². The molecule has 9 aromatic rings. The summed E-state index contributed by atoms with van der Waals surface area (Å²) in [4.78, 5) is 76.0. The zero-order chi connectivity index (χ0) is 67.3. The van der Waals surface area contributed by atoms with Crippen LogP contribution in [0.5, 0.6) is 0 Å². The Labute approximate surface area is 583 Å². The molecule has 4 amide bonds. The first-order valence-corrected chi connectivity index (χ1v) is 35.7. The molecule has 4 saturated heterocycles. The van der Waals surface area contributed by atoms with Gasteiger partial charge in [-0.1, -0.05) is 135 Å². The third-order valence-corrected chi connectivity index (χ3v) is 21.0. The highest BCUT2D eigenvalue weighted by Crippen LogP contribution is 2.33. The van der Waals surface area contributed by atoms with Crippen LogP contribution in [0.25, 0.3) is 19.8 Å². The number of methoxy groups -OCH3 is 4. The minimum absolute atomic E-state index is 0.0248. The molecule has 1 N–H and O–H groups in total. The van der Waals surface area contributed by atoms with Crippen molar-refractivity contribution in [2.24, 2.45) is 23.7 Å². The summed E-state index contributed by atoms with van der Waals surface area (Å²) in [5.74, 6) is 1.47. The minimum Gasteiger partial charge on any atom is -0.396 e. The van der Waals surface area contributed by atoms with Crippen molar-refractivity contribution in [2.75, 3.05) is 74.5 Å². The van der Waals surface area contributed by atoms with Crippen molar-refractivity contribution < 1.29 is 52.4 Å². The van der Waals surface area contributed by atoms with E-state index in [4.69, 9.17) is 75.2 Å². The Hall–Kier alpha value is -5.65. The summed E-state index contributed by atoms with van der Waals surface area (Å²) in [6.45, 7) is 9.12. The number of aromatic nitrogens is 12. The molecule has 35 heteroatoms. The van der Waals surface area contributed by atoms with E-state index in [1.807, 2.05) is 40.1 Å². The van der Waals surface area contributed by atoms with E-state index in [2.05, 4.69) is 47.3 Å². The number of likely N-dealkylation sites (tertiary alicyclic amines) is 4. The largest absolute Gasteiger partial charge is 0.396 e. The number of benzene rings is 1. The fraction of sp³-hybridized carbons (Fsp3) is 0.567. The van der Waals surface area contributed by atoms with E-state index >= 15 is 0 Å². The highest BCUT2D eigenvalue weighted by atomic mass is 35.5. The van der Waals surface area contributed by atoms with Crippen LogP contribution in [-0.4, -0.2) is 181 Å². The maximum absolute atomic E-state index is 12.5. The first-order chi connectivity index (χ1) is 46.0. The average Bonchev–Trinajstić information content (AvgIpc) is 1.66. The number of hydrogen-bond donors (Lipinski definition) is 1. The number of fused-ring (bicyclic) bond motifs is 4. The lowest BCUT2D eigenvalue weighted by molar-refractivity contribution is -0.129. The van der Waals surface area contributed by atoms with Crippen molar-refractivity contribution in [3.8, 4) is 0 Å². The van der Waals surface area contributed by atoms with Gasteiger partial charge in [0, 0.05) is 93.5 Å². The highest BCUT2D eigenvalue weighted by molar-refractivity contribution is 7.17. The molecule has 0 spiro atoms. The van der Waals surface area contributed by atoms with Gasteiger partial charge < -0.3 is 48.4 Å². The Morgan fingerprint density at radius 1 is 0.474 bits per heavy atom. The van der Waals surface area contributed by atoms with Gasteiger partial charge in [-0.15, -0.1) is 0 Å². The zero-order valence-corrected chi connectivity index (χ0v) is 59.5. The summed E-state index contributed by atoms with van der Waals surface area (Å²) in [6.07, 6.45) is 6.18. The predicted octanol–water partition coefficient (Wildman–Crippen LogP) is 9.91. The third kappa shape index (κ3) is 18.2. The summed E-state index contributed by atoms with van der Waals surface area (Å²) in [6, 6.07) is 10.1. The quantitative estimate of drug-likeness (QED) is 0.0469. The number of amides is 4. The zero-order valence-electron chi connectivity index (χ0n) is 53.2. The number of hydrogen-bond acceptors (Lipinski definition) is 22. The van der Waals surface area contributed by atoms with Crippen LogP contribution in [0.2, 0.25) is 20.6 Å². The Morgan fingerprint density at radius 3 is 1.09 bits per heavy atom. The fourth-order valence-electron chi connectivity index (χ4n) is 11.8. The lowest BCUT2D eigenvalue weighted by Crippen LogP contribution is -2.25. The second-order valence-corrected chi connectivity index (χ2v) is 29.0. The molecule has 13 rings (SSSR count).